The molecule has 3 aromatic rings. The molecule has 0 bridgehead atoms. The van der Waals surface area contributed by atoms with Crippen molar-refractivity contribution in [2.24, 2.45) is 0 Å². The molecule has 0 radical (unpaired) electrons. The molecule has 0 saturated heterocycles. The number of rotatable bonds is 6. The van der Waals surface area contributed by atoms with Gasteiger partial charge < -0.3 is 14.6 Å². The van der Waals surface area contributed by atoms with Gasteiger partial charge in [-0.25, -0.2) is 4.98 Å². The number of carbonyl (C=O) groups is 1. The Bertz CT molecular complexity index is 942. The molecule has 1 amide bonds. The van der Waals surface area contributed by atoms with Gasteiger partial charge in [-0.05, 0) is 31.5 Å². The number of amides is 1. The SMILES string of the molecule is CCNC(=O)c1cc2c(=O)n3ccccc3nc2n1CCCOC. The van der Waals surface area contributed by atoms with E-state index < -0.39 is 0 Å². The van der Waals surface area contributed by atoms with E-state index in [-0.39, 0.29) is 11.5 Å². The fourth-order valence-corrected chi connectivity index (χ4v) is 2.78. The third-order valence-corrected chi connectivity index (χ3v) is 3.88. The summed E-state index contributed by atoms with van der Waals surface area (Å²) < 4.78 is 8.38. The van der Waals surface area contributed by atoms with Crippen LogP contribution < -0.4 is 10.9 Å². The molecule has 0 saturated carbocycles. The summed E-state index contributed by atoms with van der Waals surface area (Å²) >= 11 is 0. The number of aromatic nitrogens is 3. The fraction of sp³-hybridized carbons (Fsp3) is 0.353. The maximum Gasteiger partial charge on any atom is 0.267 e. The van der Waals surface area contributed by atoms with Crippen molar-refractivity contribution in [3.05, 3.63) is 46.5 Å². The van der Waals surface area contributed by atoms with Crippen LogP contribution in [-0.4, -0.2) is 40.1 Å². The molecule has 7 nitrogen and oxygen atoms in total. The molecule has 3 heterocycles. The Morgan fingerprint density at radius 3 is 2.96 bits per heavy atom. The number of nitrogens with one attached hydrogen (secondary N) is 1. The summed E-state index contributed by atoms with van der Waals surface area (Å²) in [6, 6.07) is 7.01. The number of ether oxygens (including phenoxy) is 1. The molecule has 24 heavy (non-hydrogen) atoms. The summed E-state index contributed by atoms with van der Waals surface area (Å²) in [6.07, 6.45) is 2.40. The first-order valence-corrected chi connectivity index (χ1v) is 7.95. The van der Waals surface area contributed by atoms with Crippen LogP contribution >= 0.6 is 0 Å². The molecule has 0 spiro atoms. The van der Waals surface area contributed by atoms with Crippen LogP contribution in [0.3, 0.4) is 0 Å². The molecule has 7 heteroatoms. The molecular weight excluding hydrogens is 308 g/mol. The largest absolute Gasteiger partial charge is 0.385 e. The molecule has 3 aromatic heterocycles. The molecule has 0 unspecified atom stereocenters. The van der Waals surface area contributed by atoms with Crippen molar-refractivity contribution in [3.8, 4) is 0 Å². The first-order valence-electron chi connectivity index (χ1n) is 7.95. The molecule has 126 valence electrons. The average molecular weight is 328 g/mol. The summed E-state index contributed by atoms with van der Waals surface area (Å²) in [4.78, 5) is 29.7. The second kappa shape index (κ2) is 6.84. The van der Waals surface area contributed by atoms with E-state index in [1.54, 1.807) is 36.1 Å². The molecule has 0 fully saturated rings. The first-order chi connectivity index (χ1) is 11.7. The Labute approximate surface area is 138 Å². The molecule has 0 aliphatic rings. The second-order valence-corrected chi connectivity index (χ2v) is 5.47. The monoisotopic (exact) mass is 328 g/mol. The zero-order chi connectivity index (χ0) is 17.1. The number of fused-ring (bicyclic) bond motifs is 2. The highest BCUT2D eigenvalue weighted by Crippen LogP contribution is 2.17. The lowest BCUT2D eigenvalue weighted by Crippen LogP contribution is -2.25. The Hall–Kier alpha value is -2.67. The maximum atomic E-state index is 12.7. The van der Waals surface area contributed by atoms with Crippen LogP contribution in [0, 0.1) is 0 Å². The van der Waals surface area contributed by atoms with E-state index in [1.807, 2.05) is 13.0 Å². The van der Waals surface area contributed by atoms with E-state index in [4.69, 9.17) is 4.74 Å². The van der Waals surface area contributed by atoms with Gasteiger partial charge in [0, 0.05) is 33.0 Å². The van der Waals surface area contributed by atoms with E-state index in [2.05, 4.69) is 10.3 Å². The fourth-order valence-electron chi connectivity index (χ4n) is 2.78. The molecule has 0 aliphatic heterocycles. The zero-order valence-corrected chi connectivity index (χ0v) is 13.8. The van der Waals surface area contributed by atoms with Gasteiger partial charge in [0.05, 0.1) is 5.39 Å². The molecule has 3 rings (SSSR count). The van der Waals surface area contributed by atoms with E-state index in [0.717, 1.165) is 6.42 Å². The van der Waals surface area contributed by atoms with Crippen LogP contribution in [0.25, 0.3) is 16.7 Å². The van der Waals surface area contributed by atoms with Crippen molar-refractivity contribution in [1.29, 1.82) is 0 Å². The third-order valence-electron chi connectivity index (χ3n) is 3.88. The Morgan fingerprint density at radius 1 is 1.38 bits per heavy atom. The average Bonchev–Trinajstić information content (AvgIpc) is 2.95. The van der Waals surface area contributed by atoms with Gasteiger partial charge >= 0.3 is 0 Å². The number of carbonyl (C=O) groups excluding carboxylic acids is 1. The van der Waals surface area contributed by atoms with Crippen LogP contribution in [0.2, 0.25) is 0 Å². The number of aryl methyl sites for hydroxylation is 1. The highest BCUT2D eigenvalue weighted by Gasteiger charge is 2.19. The summed E-state index contributed by atoms with van der Waals surface area (Å²) in [5, 5.41) is 3.23. The number of nitrogens with zero attached hydrogens (tertiary/aromatic N) is 3. The number of pyridine rings is 1. The first kappa shape index (κ1) is 16.2. The Morgan fingerprint density at radius 2 is 2.21 bits per heavy atom. The lowest BCUT2D eigenvalue weighted by Gasteiger charge is -2.10. The van der Waals surface area contributed by atoms with E-state index in [9.17, 15) is 9.59 Å². The number of methoxy groups -OCH3 is 1. The standard InChI is InChI=1S/C17H20N4O3/c1-3-18-16(22)13-11-12-15(20(13)9-6-10-24-2)19-14-7-4-5-8-21(14)17(12)23/h4-5,7-8,11H,3,6,9-10H2,1-2H3,(H,18,22). The van der Waals surface area contributed by atoms with Gasteiger partial charge in [-0.2, -0.15) is 0 Å². The van der Waals surface area contributed by atoms with E-state index in [1.165, 1.54) is 4.40 Å². The van der Waals surface area contributed by atoms with Crippen LogP contribution in [-0.2, 0) is 11.3 Å². The topological polar surface area (TPSA) is 77.6 Å². The van der Waals surface area contributed by atoms with Crippen LogP contribution in [0.15, 0.2) is 35.3 Å². The maximum absolute atomic E-state index is 12.7. The summed E-state index contributed by atoms with van der Waals surface area (Å²) in [5.74, 6) is -0.207. The molecule has 0 aromatic carbocycles. The predicted octanol–water partition coefficient (Wildman–Crippen LogP) is 1.44. The van der Waals surface area contributed by atoms with Gasteiger partial charge in [-0.3, -0.25) is 14.0 Å². The summed E-state index contributed by atoms with van der Waals surface area (Å²) in [7, 11) is 1.64. The molecule has 1 N–H and O–H groups in total. The van der Waals surface area contributed by atoms with Crippen LogP contribution in [0.1, 0.15) is 23.8 Å². The lowest BCUT2D eigenvalue weighted by molar-refractivity contribution is 0.0946. The van der Waals surface area contributed by atoms with E-state index in [0.29, 0.717) is 42.1 Å². The number of hydrogen-bond acceptors (Lipinski definition) is 4. The summed E-state index contributed by atoms with van der Waals surface area (Å²) in [5.41, 5.74) is 1.36. The van der Waals surface area contributed by atoms with Gasteiger partial charge in [0.25, 0.3) is 11.5 Å². The van der Waals surface area contributed by atoms with Gasteiger partial charge in [-0.15, -0.1) is 0 Å². The van der Waals surface area contributed by atoms with Crippen molar-refractivity contribution < 1.29 is 9.53 Å². The third kappa shape index (κ3) is 2.78. The number of hydrogen-bond donors (Lipinski definition) is 1. The van der Waals surface area contributed by atoms with Crippen molar-refractivity contribution in [2.75, 3.05) is 20.3 Å². The van der Waals surface area contributed by atoms with Crippen molar-refractivity contribution >= 4 is 22.6 Å². The van der Waals surface area contributed by atoms with Gasteiger partial charge in [-0.1, -0.05) is 6.07 Å². The Balaban J connectivity index is 2.23. The minimum atomic E-state index is -0.207. The predicted molar refractivity (Wildman–Crippen MR) is 91.5 cm³/mol. The van der Waals surface area contributed by atoms with Crippen LogP contribution in [0.5, 0.6) is 0 Å². The van der Waals surface area contributed by atoms with Crippen LogP contribution in [0.4, 0.5) is 0 Å². The highest BCUT2D eigenvalue weighted by molar-refractivity contribution is 5.98. The van der Waals surface area contributed by atoms with Crippen molar-refractivity contribution in [1.82, 2.24) is 19.3 Å². The van der Waals surface area contributed by atoms with E-state index >= 15 is 0 Å². The van der Waals surface area contributed by atoms with Gasteiger partial charge in [0.15, 0.2) is 0 Å². The lowest BCUT2D eigenvalue weighted by atomic mass is 10.3. The summed E-state index contributed by atoms with van der Waals surface area (Å²) in [6.45, 7) is 3.50. The van der Waals surface area contributed by atoms with Gasteiger partial charge in [0.1, 0.15) is 17.0 Å². The Kier molecular flexibility index (Phi) is 4.61. The van der Waals surface area contributed by atoms with Crippen molar-refractivity contribution in [3.63, 3.8) is 0 Å². The zero-order valence-electron chi connectivity index (χ0n) is 13.8. The second-order valence-electron chi connectivity index (χ2n) is 5.47. The quantitative estimate of drug-likeness (QED) is 0.695. The minimum Gasteiger partial charge on any atom is -0.385 e. The van der Waals surface area contributed by atoms with Gasteiger partial charge in [0.2, 0.25) is 0 Å². The molecular formula is C17H20N4O3. The molecule has 0 aliphatic carbocycles. The minimum absolute atomic E-state index is 0.174. The van der Waals surface area contributed by atoms with Crippen molar-refractivity contribution in [2.45, 2.75) is 19.9 Å². The smallest absolute Gasteiger partial charge is 0.267 e. The highest BCUT2D eigenvalue weighted by atomic mass is 16.5. The normalized spacial score (nSPS) is 11.2. The molecule has 0 atom stereocenters.